The number of aromatic carboxylic acids is 4. The van der Waals surface area contributed by atoms with E-state index in [9.17, 15) is 39.6 Å². The molecule has 8 fully saturated rings. The first-order chi connectivity index (χ1) is 27.4. The summed E-state index contributed by atoms with van der Waals surface area (Å²) in [6, 6.07) is 22.7. The van der Waals surface area contributed by atoms with E-state index in [1.54, 1.807) is 12.1 Å². The summed E-state index contributed by atoms with van der Waals surface area (Å²) in [6.07, 6.45) is 14.5. The molecule has 0 saturated heterocycles. The monoisotopic (exact) mass is 762 g/mol. The van der Waals surface area contributed by atoms with Crippen LogP contribution in [0.25, 0.3) is 11.1 Å². The van der Waals surface area contributed by atoms with E-state index in [1.165, 1.54) is 73.9 Å². The molecule has 0 aromatic heterocycles. The van der Waals surface area contributed by atoms with Crippen LogP contribution in [0.3, 0.4) is 0 Å². The number of carbonyl (C=O) groups is 4. The van der Waals surface area contributed by atoms with Crippen molar-refractivity contribution in [3.63, 3.8) is 0 Å². The van der Waals surface area contributed by atoms with Crippen LogP contribution >= 0.6 is 0 Å². The lowest BCUT2D eigenvalue weighted by Crippen LogP contribution is -2.48. The van der Waals surface area contributed by atoms with Gasteiger partial charge in [-0.2, -0.15) is 0 Å². The molecule has 290 valence electrons. The Balaban J connectivity index is 1.22. The third kappa shape index (κ3) is 4.91. The summed E-state index contributed by atoms with van der Waals surface area (Å²) in [4.78, 5) is 50.7. The Bertz CT molecular complexity index is 2230. The Morgan fingerprint density at radius 1 is 0.386 bits per heavy atom. The maximum absolute atomic E-state index is 12.9. The van der Waals surface area contributed by atoms with Gasteiger partial charge in [0.2, 0.25) is 0 Å². The van der Waals surface area contributed by atoms with Crippen LogP contribution in [0.5, 0.6) is 0 Å². The Morgan fingerprint density at radius 3 is 0.982 bits per heavy atom. The second-order valence-corrected chi connectivity index (χ2v) is 19.4. The second kappa shape index (κ2) is 11.9. The highest BCUT2D eigenvalue weighted by Gasteiger charge is 2.55. The molecule has 0 amide bonds. The maximum atomic E-state index is 12.9. The molecule has 13 rings (SSSR count). The van der Waals surface area contributed by atoms with Crippen molar-refractivity contribution in [1.82, 2.24) is 0 Å². The first-order valence-electron chi connectivity index (χ1n) is 20.9. The van der Waals surface area contributed by atoms with E-state index in [2.05, 4.69) is 36.4 Å². The van der Waals surface area contributed by atoms with E-state index in [0.717, 1.165) is 60.8 Å². The fraction of sp³-hybridized carbons (Fsp3) is 0.429. The van der Waals surface area contributed by atoms with Crippen LogP contribution in [0, 0.1) is 35.5 Å². The molecule has 4 N–H and O–H groups in total. The standard InChI is InChI=1S/C49H46O8/c50-43(51)37-7-3-33(15-39(37)45(54)55)49(34-4-8-38(44(52)53)40(16-34)46(56)57)41-17-31(47-19-25-9-26(20-47)11-27(10-25)21-47)1-5-35(41)36-6-2-32(18-42(36)49)48-22-28-12-29(23-48)14-30(13-28)24-48/h1-8,15-18,25-30H,9-14,19-24H2,(H,50,51)(H,52,53)(H,54,55)(H,56,57). The molecule has 4 aromatic rings. The number of hydrogen-bond acceptors (Lipinski definition) is 4. The molecule has 8 saturated carbocycles. The number of hydrogen-bond donors (Lipinski definition) is 4. The molecule has 0 spiro atoms. The highest BCUT2D eigenvalue weighted by Crippen LogP contribution is 2.65. The molecule has 0 radical (unpaired) electrons. The fourth-order valence-electron chi connectivity index (χ4n) is 15.0. The van der Waals surface area contributed by atoms with Gasteiger partial charge in [-0.15, -0.1) is 0 Å². The van der Waals surface area contributed by atoms with Crippen molar-refractivity contribution in [1.29, 1.82) is 0 Å². The van der Waals surface area contributed by atoms with Gasteiger partial charge < -0.3 is 20.4 Å². The Labute approximate surface area is 331 Å². The van der Waals surface area contributed by atoms with E-state index in [-0.39, 0.29) is 33.1 Å². The zero-order valence-electron chi connectivity index (χ0n) is 31.8. The van der Waals surface area contributed by atoms with Crippen LogP contribution in [-0.2, 0) is 16.2 Å². The van der Waals surface area contributed by atoms with Gasteiger partial charge in [0.15, 0.2) is 0 Å². The highest BCUT2D eigenvalue weighted by molar-refractivity contribution is 6.03. The van der Waals surface area contributed by atoms with Gasteiger partial charge in [-0.3, -0.25) is 0 Å². The third-order valence-electron chi connectivity index (χ3n) is 16.3. The Morgan fingerprint density at radius 2 is 0.684 bits per heavy atom. The molecule has 8 heteroatoms. The third-order valence-corrected chi connectivity index (χ3v) is 16.3. The van der Waals surface area contributed by atoms with Gasteiger partial charge in [-0.05, 0) is 192 Å². The summed E-state index contributed by atoms with van der Waals surface area (Å²) in [7, 11) is 0. The average Bonchev–Trinajstić information content (AvgIpc) is 3.46. The molecule has 57 heavy (non-hydrogen) atoms. The minimum atomic E-state index is -1.38. The minimum Gasteiger partial charge on any atom is -0.478 e. The lowest BCUT2D eigenvalue weighted by atomic mass is 9.47. The quantitative estimate of drug-likeness (QED) is 0.122. The van der Waals surface area contributed by atoms with Crippen molar-refractivity contribution in [2.45, 2.75) is 93.3 Å². The summed E-state index contributed by atoms with van der Waals surface area (Å²) in [6.45, 7) is 0. The molecule has 0 aliphatic heterocycles. The van der Waals surface area contributed by atoms with Crippen molar-refractivity contribution in [2.75, 3.05) is 0 Å². The summed E-state index contributed by atoms with van der Waals surface area (Å²) >= 11 is 0. The molecule has 0 heterocycles. The van der Waals surface area contributed by atoms with Crippen LogP contribution in [0.4, 0.5) is 0 Å². The van der Waals surface area contributed by atoms with Crippen molar-refractivity contribution in [3.8, 4) is 11.1 Å². The first-order valence-corrected chi connectivity index (χ1v) is 20.9. The molecular weight excluding hydrogens is 717 g/mol. The van der Waals surface area contributed by atoms with Crippen LogP contribution < -0.4 is 0 Å². The van der Waals surface area contributed by atoms with E-state index < -0.39 is 29.3 Å². The largest absolute Gasteiger partial charge is 0.478 e. The lowest BCUT2D eigenvalue weighted by Gasteiger charge is -2.57. The zero-order valence-corrected chi connectivity index (χ0v) is 31.8. The molecule has 4 aromatic carbocycles. The summed E-state index contributed by atoms with van der Waals surface area (Å²) < 4.78 is 0. The molecule has 0 atom stereocenters. The summed E-state index contributed by atoms with van der Waals surface area (Å²) in [5.41, 5.74) is 4.58. The normalized spacial score (nSPS) is 31.9. The number of rotatable bonds is 8. The zero-order chi connectivity index (χ0) is 39.2. The summed E-state index contributed by atoms with van der Waals surface area (Å²) in [5, 5.41) is 41.3. The number of carboxylic acids is 4. The fourth-order valence-corrected chi connectivity index (χ4v) is 15.0. The Hall–Kier alpha value is -5.24. The first kappa shape index (κ1) is 35.0. The van der Waals surface area contributed by atoms with Crippen LogP contribution in [0.1, 0.15) is 152 Å². The second-order valence-electron chi connectivity index (χ2n) is 19.4. The van der Waals surface area contributed by atoms with Crippen molar-refractivity contribution in [2.24, 2.45) is 35.5 Å². The average molecular weight is 763 g/mol. The Kier molecular flexibility index (Phi) is 7.30. The summed E-state index contributed by atoms with van der Waals surface area (Å²) in [5.74, 6) is -1.30. The van der Waals surface area contributed by atoms with E-state index >= 15 is 0 Å². The number of carboxylic acid groups (broad SMARTS) is 4. The minimum absolute atomic E-state index is 0.00737. The van der Waals surface area contributed by atoms with Crippen molar-refractivity contribution >= 4 is 23.9 Å². The molecule has 0 unspecified atom stereocenters. The van der Waals surface area contributed by atoms with Gasteiger partial charge in [-0.25, -0.2) is 19.2 Å². The topological polar surface area (TPSA) is 149 Å². The predicted molar refractivity (Wildman–Crippen MR) is 211 cm³/mol. The van der Waals surface area contributed by atoms with Gasteiger partial charge in [0.1, 0.15) is 0 Å². The van der Waals surface area contributed by atoms with Crippen LogP contribution in [-0.4, -0.2) is 44.3 Å². The molecule has 9 aliphatic carbocycles. The smallest absolute Gasteiger partial charge is 0.336 e. The number of fused-ring (bicyclic) bond motifs is 3. The van der Waals surface area contributed by atoms with Gasteiger partial charge >= 0.3 is 23.9 Å². The van der Waals surface area contributed by atoms with Gasteiger partial charge in [0, 0.05) is 0 Å². The van der Waals surface area contributed by atoms with Crippen molar-refractivity contribution < 1.29 is 39.6 Å². The van der Waals surface area contributed by atoms with E-state index in [0.29, 0.717) is 46.6 Å². The van der Waals surface area contributed by atoms with Crippen molar-refractivity contribution in [3.05, 3.63) is 128 Å². The molecular formula is C49H46O8. The lowest BCUT2D eigenvalue weighted by molar-refractivity contribution is -0.00530. The van der Waals surface area contributed by atoms with Gasteiger partial charge in [-0.1, -0.05) is 48.5 Å². The predicted octanol–water partition coefficient (Wildman–Crippen LogP) is 9.78. The molecule has 9 aliphatic rings. The van der Waals surface area contributed by atoms with E-state index in [1.807, 2.05) is 0 Å². The van der Waals surface area contributed by atoms with E-state index in [4.69, 9.17) is 0 Å². The molecule has 8 bridgehead atoms. The van der Waals surface area contributed by atoms with Crippen LogP contribution in [0.2, 0.25) is 0 Å². The van der Waals surface area contributed by atoms with Gasteiger partial charge in [0.25, 0.3) is 0 Å². The van der Waals surface area contributed by atoms with Gasteiger partial charge in [0.05, 0.1) is 27.7 Å². The SMILES string of the molecule is O=C(O)c1ccc(C2(c3ccc(C(=O)O)c(C(=O)O)c3)c3cc(C45CC6CC(CC(C6)C4)C5)ccc3-c3ccc(C45CC6CC(CC(C6)C4)C5)cc32)cc1C(=O)O. The molecule has 8 nitrogen and oxygen atoms in total. The van der Waals surface area contributed by atoms with Crippen LogP contribution in [0.15, 0.2) is 72.8 Å². The maximum Gasteiger partial charge on any atom is 0.336 e. The highest BCUT2D eigenvalue weighted by atomic mass is 16.4. The number of benzene rings is 4.